The number of non-ortho nitro benzene ring substituents is 1. The van der Waals surface area contributed by atoms with Gasteiger partial charge in [0.25, 0.3) is 5.69 Å². The maximum Gasteiger partial charge on any atom is 0.270 e. The van der Waals surface area contributed by atoms with Crippen molar-refractivity contribution >= 4 is 5.69 Å². The normalized spacial score (nSPS) is 19.9. The first kappa shape index (κ1) is 23.5. The van der Waals surface area contributed by atoms with Crippen LogP contribution in [0.4, 0.5) is 5.69 Å². The number of hydrogen-bond donors (Lipinski definition) is 1. The Labute approximate surface area is 170 Å². The highest BCUT2D eigenvalue weighted by atomic mass is 16.6. The number of nitro groups is 1. The average Bonchev–Trinajstić information content (AvgIpc) is 2.70. The first-order chi connectivity index (χ1) is 14.2. The zero-order valence-corrected chi connectivity index (χ0v) is 16.6. The second kappa shape index (κ2) is 14.2. The van der Waals surface area contributed by atoms with E-state index in [1.54, 1.807) is 0 Å². The molecule has 0 spiro atoms. The summed E-state index contributed by atoms with van der Waals surface area (Å²) in [6, 6.07) is 4.03. The molecule has 0 amide bonds. The van der Waals surface area contributed by atoms with Gasteiger partial charge in [0.15, 0.2) is 0 Å². The van der Waals surface area contributed by atoms with Crippen molar-refractivity contribution in [3.63, 3.8) is 0 Å². The molecule has 1 heterocycles. The largest absolute Gasteiger partial charge is 0.508 e. The summed E-state index contributed by atoms with van der Waals surface area (Å²) in [7, 11) is 0. The number of rotatable bonds is 3. The third-order valence-corrected chi connectivity index (χ3v) is 4.26. The molecular formula is C19H30N2O8. The van der Waals surface area contributed by atoms with Crippen LogP contribution in [0.15, 0.2) is 18.2 Å². The molecule has 1 aliphatic heterocycles. The molecule has 0 atom stereocenters. The number of aromatic hydroxyl groups is 1. The van der Waals surface area contributed by atoms with Crippen molar-refractivity contribution in [2.75, 3.05) is 79.2 Å². The van der Waals surface area contributed by atoms with Gasteiger partial charge in [-0.25, -0.2) is 0 Å². The lowest BCUT2D eigenvalue weighted by atomic mass is 10.1. The predicted octanol–water partition coefficient (Wildman–Crippen LogP) is 1.20. The van der Waals surface area contributed by atoms with Gasteiger partial charge in [-0.1, -0.05) is 0 Å². The predicted molar refractivity (Wildman–Crippen MR) is 104 cm³/mol. The number of hydrogen-bond acceptors (Lipinski definition) is 9. The monoisotopic (exact) mass is 414 g/mol. The van der Waals surface area contributed by atoms with Gasteiger partial charge in [0, 0.05) is 37.3 Å². The van der Waals surface area contributed by atoms with Gasteiger partial charge in [-0.3, -0.25) is 15.0 Å². The molecule has 2 rings (SSSR count). The second-order valence-corrected chi connectivity index (χ2v) is 6.41. The van der Waals surface area contributed by atoms with E-state index in [2.05, 4.69) is 0 Å². The van der Waals surface area contributed by atoms with Crippen LogP contribution in [-0.2, 0) is 30.2 Å². The van der Waals surface area contributed by atoms with Crippen LogP contribution in [0.25, 0.3) is 0 Å². The smallest absolute Gasteiger partial charge is 0.270 e. The lowest BCUT2D eigenvalue weighted by molar-refractivity contribution is -0.385. The van der Waals surface area contributed by atoms with Crippen molar-refractivity contribution < 1.29 is 33.7 Å². The van der Waals surface area contributed by atoms with Gasteiger partial charge in [-0.05, 0) is 6.07 Å². The summed E-state index contributed by atoms with van der Waals surface area (Å²) in [5.74, 6) is 0.0286. The van der Waals surface area contributed by atoms with Gasteiger partial charge in [0.05, 0.1) is 71.0 Å². The second-order valence-electron chi connectivity index (χ2n) is 6.41. The zero-order chi connectivity index (χ0) is 20.7. The minimum Gasteiger partial charge on any atom is -0.508 e. The molecule has 164 valence electrons. The molecule has 0 aromatic heterocycles. The number of nitro benzene ring substituents is 1. The highest BCUT2D eigenvalue weighted by Crippen LogP contribution is 2.24. The van der Waals surface area contributed by atoms with Crippen LogP contribution in [0.2, 0.25) is 0 Å². The number of benzene rings is 1. The molecular weight excluding hydrogens is 384 g/mol. The summed E-state index contributed by atoms with van der Waals surface area (Å²) in [5, 5.41) is 21.1. The van der Waals surface area contributed by atoms with E-state index in [9.17, 15) is 15.2 Å². The Kier molecular flexibility index (Phi) is 11.5. The lowest BCUT2D eigenvalue weighted by Crippen LogP contribution is -2.31. The van der Waals surface area contributed by atoms with Crippen molar-refractivity contribution in [2.24, 2.45) is 0 Å². The molecule has 1 aromatic rings. The number of phenols is 1. The van der Waals surface area contributed by atoms with Crippen LogP contribution in [-0.4, -0.2) is 94.1 Å². The SMILES string of the molecule is O=[N+]([O-])c1ccc(O)c(CN2CCOCCOCCOCCOCCOCC2)c1. The molecule has 10 heteroatoms. The molecule has 1 saturated heterocycles. The number of nitrogens with zero attached hydrogens (tertiary/aromatic N) is 2. The van der Waals surface area contributed by atoms with E-state index in [1.165, 1.54) is 18.2 Å². The lowest BCUT2D eigenvalue weighted by Gasteiger charge is -2.23. The maximum atomic E-state index is 11.0. The number of phenolic OH excluding ortho intramolecular Hbond substituents is 1. The molecule has 1 aliphatic rings. The quantitative estimate of drug-likeness (QED) is 0.576. The zero-order valence-electron chi connectivity index (χ0n) is 16.6. The average molecular weight is 414 g/mol. The van der Waals surface area contributed by atoms with Crippen LogP contribution in [0.3, 0.4) is 0 Å². The fraction of sp³-hybridized carbons (Fsp3) is 0.684. The Balaban J connectivity index is 1.89. The summed E-state index contributed by atoms with van der Waals surface area (Å²) < 4.78 is 27.4. The Morgan fingerprint density at radius 1 is 0.828 bits per heavy atom. The molecule has 0 bridgehead atoms. The van der Waals surface area contributed by atoms with Gasteiger partial charge in [-0.15, -0.1) is 0 Å². The van der Waals surface area contributed by atoms with E-state index in [4.69, 9.17) is 23.7 Å². The molecule has 10 nitrogen and oxygen atoms in total. The van der Waals surface area contributed by atoms with Crippen LogP contribution in [0.1, 0.15) is 5.56 Å². The summed E-state index contributed by atoms with van der Waals surface area (Å²) in [5.41, 5.74) is 0.443. The number of ether oxygens (including phenoxy) is 5. The third-order valence-electron chi connectivity index (χ3n) is 4.26. The summed E-state index contributed by atoms with van der Waals surface area (Å²) in [6.07, 6.45) is 0. The first-order valence-electron chi connectivity index (χ1n) is 9.74. The van der Waals surface area contributed by atoms with Crippen LogP contribution in [0, 0.1) is 10.1 Å². The maximum absolute atomic E-state index is 11.0. The molecule has 1 aromatic carbocycles. The van der Waals surface area contributed by atoms with Crippen molar-refractivity contribution in [1.29, 1.82) is 0 Å². The van der Waals surface area contributed by atoms with E-state index in [-0.39, 0.29) is 11.4 Å². The van der Waals surface area contributed by atoms with Gasteiger partial charge in [0.1, 0.15) is 5.75 Å². The van der Waals surface area contributed by atoms with Crippen LogP contribution in [0.5, 0.6) is 5.75 Å². The Bertz CT molecular complexity index is 584. The van der Waals surface area contributed by atoms with E-state index >= 15 is 0 Å². The van der Waals surface area contributed by atoms with Gasteiger partial charge >= 0.3 is 0 Å². The van der Waals surface area contributed by atoms with Gasteiger partial charge < -0.3 is 28.8 Å². The fourth-order valence-electron chi connectivity index (χ4n) is 2.69. The molecule has 0 aliphatic carbocycles. The summed E-state index contributed by atoms with van der Waals surface area (Å²) in [6.45, 7) is 6.41. The minimum atomic E-state index is -0.473. The van der Waals surface area contributed by atoms with Crippen molar-refractivity contribution in [2.45, 2.75) is 6.54 Å². The fourth-order valence-corrected chi connectivity index (χ4v) is 2.69. The minimum absolute atomic E-state index is 0.0286. The first-order valence-corrected chi connectivity index (χ1v) is 9.74. The molecule has 29 heavy (non-hydrogen) atoms. The Morgan fingerprint density at radius 2 is 1.28 bits per heavy atom. The van der Waals surface area contributed by atoms with Crippen LogP contribution >= 0.6 is 0 Å². The molecule has 1 N–H and O–H groups in total. The summed E-state index contributed by atoms with van der Waals surface area (Å²) >= 11 is 0. The van der Waals surface area contributed by atoms with Crippen LogP contribution < -0.4 is 0 Å². The Hall–Kier alpha value is -1.82. The third kappa shape index (κ3) is 9.97. The van der Waals surface area contributed by atoms with Crippen molar-refractivity contribution in [3.05, 3.63) is 33.9 Å². The van der Waals surface area contributed by atoms with Gasteiger partial charge in [0.2, 0.25) is 0 Å². The van der Waals surface area contributed by atoms with E-state index in [0.717, 1.165) is 0 Å². The highest BCUT2D eigenvalue weighted by molar-refractivity contribution is 5.42. The molecule has 0 saturated carbocycles. The highest BCUT2D eigenvalue weighted by Gasteiger charge is 2.14. The van der Waals surface area contributed by atoms with E-state index in [0.29, 0.717) is 91.3 Å². The molecule has 0 unspecified atom stereocenters. The van der Waals surface area contributed by atoms with E-state index < -0.39 is 4.92 Å². The van der Waals surface area contributed by atoms with Crippen molar-refractivity contribution in [1.82, 2.24) is 4.90 Å². The summed E-state index contributed by atoms with van der Waals surface area (Å²) in [4.78, 5) is 12.6. The van der Waals surface area contributed by atoms with Gasteiger partial charge in [-0.2, -0.15) is 0 Å². The molecule has 1 fully saturated rings. The molecule has 0 radical (unpaired) electrons. The van der Waals surface area contributed by atoms with E-state index in [1.807, 2.05) is 4.90 Å². The standard InChI is InChI=1S/C19H30N2O8/c22-19-2-1-18(21(23)24)15-17(19)16-20-3-5-25-7-9-27-11-13-29-14-12-28-10-8-26-6-4-20/h1-2,15,22H,3-14,16H2. The van der Waals surface area contributed by atoms with Crippen molar-refractivity contribution in [3.8, 4) is 5.75 Å². The topological polar surface area (TPSA) is 113 Å². The Morgan fingerprint density at radius 3 is 1.72 bits per heavy atom.